The van der Waals surface area contributed by atoms with E-state index >= 15 is 0 Å². The fourth-order valence-electron chi connectivity index (χ4n) is 0.797. The maximum absolute atomic E-state index is 9.29. The normalized spacial score (nSPS) is 12.1. The minimum Gasteiger partial charge on any atom is -0.781 e. The van der Waals surface area contributed by atoms with Gasteiger partial charge in [0.25, 0.3) is 0 Å². The molecule has 0 aliphatic heterocycles. The summed E-state index contributed by atoms with van der Waals surface area (Å²) in [5, 5.41) is 7.00. The summed E-state index contributed by atoms with van der Waals surface area (Å²) in [6, 6.07) is 0. The van der Waals surface area contributed by atoms with Crippen molar-refractivity contribution in [2.24, 2.45) is 0 Å². The van der Waals surface area contributed by atoms with Gasteiger partial charge in [-0.15, -0.1) is 0 Å². The van der Waals surface area contributed by atoms with Gasteiger partial charge in [0.15, 0.2) is 0 Å². The third-order valence-electron chi connectivity index (χ3n) is 1.58. The molecule has 0 spiro atoms. The van der Waals surface area contributed by atoms with E-state index in [0.29, 0.717) is 0 Å². The number of unbranched alkanes of at least 4 members (excludes halogenated alkanes) is 2. The first-order valence-corrected chi connectivity index (χ1v) is 12.3. The largest absolute Gasteiger partial charge is 0.781 e. The Bertz CT molecular complexity index is 176. The molecule has 0 fully saturated rings. The standard InChI is InChI=1S/2C4H9.CH4O.H4O5P2.Sn/c2*1-3-4-2;1-2;1-6(2)5-7(3)4;/h2*1,3-4H2,2H3;2H,1H3;6-7H,(H,1,2)(H,3,4);/q;;;;+2/p-2. The van der Waals surface area contributed by atoms with Crippen molar-refractivity contribution >= 4 is 37.7 Å². The summed E-state index contributed by atoms with van der Waals surface area (Å²) in [4.78, 5) is 18.6. The zero-order chi connectivity index (χ0) is 14.8. The van der Waals surface area contributed by atoms with Crippen LogP contribution >= 0.6 is 16.5 Å². The van der Waals surface area contributed by atoms with Crippen LogP contribution in [0.2, 0.25) is 8.87 Å². The van der Waals surface area contributed by atoms with E-state index in [1.807, 2.05) is 0 Å². The second-order valence-corrected chi connectivity index (χ2v) is 9.16. The van der Waals surface area contributed by atoms with Gasteiger partial charge in [-0.3, -0.25) is 4.31 Å². The van der Waals surface area contributed by atoms with Crippen LogP contribution in [0.15, 0.2) is 0 Å². The first kappa shape index (κ1) is 24.1. The molecule has 9 heteroatoms. The maximum atomic E-state index is 9.29. The van der Waals surface area contributed by atoms with Gasteiger partial charge in [0.05, 0.1) is 0 Å². The van der Waals surface area contributed by atoms with E-state index in [2.05, 4.69) is 18.2 Å². The molecule has 6 nitrogen and oxygen atoms in total. The zero-order valence-electron chi connectivity index (χ0n) is 11.2. The molecule has 0 saturated heterocycles. The molecule has 0 aromatic heterocycles. The van der Waals surface area contributed by atoms with Crippen LogP contribution in [0.1, 0.15) is 39.5 Å². The Morgan fingerprint density at radius 1 is 1.00 bits per heavy atom. The van der Waals surface area contributed by atoms with Crippen molar-refractivity contribution in [1.29, 1.82) is 0 Å². The van der Waals surface area contributed by atoms with Crippen LogP contribution in [0.3, 0.4) is 0 Å². The van der Waals surface area contributed by atoms with Crippen molar-refractivity contribution in [2.75, 3.05) is 7.11 Å². The molecule has 2 unspecified atom stereocenters. The topological polar surface area (TPSA) is 110 Å². The van der Waals surface area contributed by atoms with Crippen LogP contribution in [0.5, 0.6) is 0 Å². The first-order valence-electron chi connectivity index (χ1n) is 5.79. The van der Waals surface area contributed by atoms with E-state index in [9.17, 15) is 18.9 Å². The van der Waals surface area contributed by atoms with Gasteiger partial charge in [0.1, 0.15) is 16.5 Å². The molecule has 0 radical (unpaired) electrons. The summed E-state index contributed by atoms with van der Waals surface area (Å²) in [6.45, 7) is 4.58. The van der Waals surface area contributed by atoms with Gasteiger partial charge >= 0.3 is 69.5 Å². The second-order valence-electron chi connectivity index (χ2n) is 3.06. The zero-order valence-corrected chi connectivity index (χ0v) is 16.1. The minimum atomic E-state index is -3.51. The Morgan fingerprint density at radius 2 is 1.33 bits per heavy atom. The number of rotatable bonds is 8. The molecular formula is C9H24O6P2Sn. The van der Waals surface area contributed by atoms with Crippen LogP contribution in [0, 0.1) is 0 Å². The Kier molecular flexibility index (Phi) is 31.1. The van der Waals surface area contributed by atoms with Gasteiger partial charge in [-0.2, -0.15) is 0 Å². The van der Waals surface area contributed by atoms with E-state index in [1.165, 1.54) is 25.7 Å². The number of aliphatic hydroxyl groups is 1. The van der Waals surface area contributed by atoms with Crippen molar-refractivity contribution < 1.29 is 28.3 Å². The van der Waals surface area contributed by atoms with Crippen LogP contribution in [0.25, 0.3) is 0 Å². The van der Waals surface area contributed by atoms with Crippen LogP contribution < -0.4 is 9.79 Å². The van der Waals surface area contributed by atoms with Crippen molar-refractivity contribution in [1.82, 2.24) is 0 Å². The molecule has 0 heterocycles. The molecular weight excluding hydrogens is 385 g/mol. The summed E-state index contributed by atoms with van der Waals surface area (Å²) < 4.78 is 25.1. The van der Waals surface area contributed by atoms with Crippen molar-refractivity contribution in [3.63, 3.8) is 0 Å². The summed E-state index contributed by atoms with van der Waals surface area (Å²) in [6.07, 6.45) is 5.84. The Balaban J connectivity index is -0.000000225. The second kappa shape index (κ2) is 23.2. The van der Waals surface area contributed by atoms with E-state index < -0.39 is 16.5 Å². The third kappa shape index (κ3) is 36.0. The molecule has 0 aromatic carbocycles. The smallest absolute Gasteiger partial charge is 0.128 e. The molecule has 0 bridgehead atoms. The molecule has 0 aliphatic rings. The van der Waals surface area contributed by atoms with Gasteiger partial charge in [-0.05, 0) is 0 Å². The maximum Gasteiger partial charge on any atom is 0.128 e. The van der Waals surface area contributed by atoms with E-state index in [-0.39, 0.29) is 21.1 Å². The molecule has 0 rings (SSSR count). The van der Waals surface area contributed by atoms with Crippen LogP contribution in [-0.4, -0.2) is 33.4 Å². The van der Waals surface area contributed by atoms with Gasteiger partial charge in [-0.1, -0.05) is 0 Å². The molecule has 2 atom stereocenters. The number of hydrogen-bond donors (Lipinski definition) is 1. The summed E-state index contributed by atoms with van der Waals surface area (Å²) >= 11 is 0.149. The average molecular weight is 409 g/mol. The fourth-order valence-corrected chi connectivity index (χ4v) is 5.50. The van der Waals surface area contributed by atoms with Gasteiger partial charge in [0, 0.05) is 7.11 Å². The van der Waals surface area contributed by atoms with Gasteiger partial charge < -0.3 is 24.0 Å². The van der Waals surface area contributed by atoms with Crippen molar-refractivity contribution in [3.8, 4) is 0 Å². The molecule has 0 aliphatic carbocycles. The summed E-state index contributed by atoms with van der Waals surface area (Å²) in [7, 11) is -6.03. The van der Waals surface area contributed by atoms with Gasteiger partial charge in [0.2, 0.25) is 0 Å². The van der Waals surface area contributed by atoms with E-state index in [0.717, 1.165) is 7.11 Å². The van der Waals surface area contributed by atoms with Crippen molar-refractivity contribution in [2.45, 2.75) is 48.4 Å². The number of aliphatic hydroxyl groups excluding tert-OH is 1. The first-order chi connectivity index (χ1) is 8.54. The SMILES string of the molecule is CCC[CH2][Sn+2][CH2]CCC.CO.O=[PH]([O-])O[PH](=O)[O-]. The number of hydrogen-bond acceptors (Lipinski definition) is 6. The van der Waals surface area contributed by atoms with Crippen LogP contribution in [0.4, 0.5) is 0 Å². The Hall–Kier alpha value is 1.10. The Labute approximate surface area is 121 Å². The van der Waals surface area contributed by atoms with E-state index in [1.54, 1.807) is 8.87 Å². The van der Waals surface area contributed by atoms with Gasteiger partial charge in [-0.25, -0.2) is 0 Å². The Morgan fingerprint density at radius 3 is 1.50 bits per heavy atom. The summed E-state index contributed by atoms with van der Waals surface area (Å²) in [5.74, 6) is 0. The minimum absolute atomic E-state index is 0.149. The molecule has 0 amide bonds. The summed E-state index contributed by atoms with van der Waals surface area (Å²) in [5.41, 5.74) is 0. The van der Waals surface area contributed by atoms with E-state index in [4.69, 9.17) is 5.11 Å². The predicted octanol–water partition coefficient (Wildman–Crippen LogP) is 1.24. The van der Waals surface area contributed by atoms with Crippen molar-refractivity contribution in [3.05, 3.63) is 0 Å². The third-order valence-corrected chi connectivity index (χ3v) is 6.95. The molecule has 18 heavy (non-hydrogen) atoms. The monoisotopic (exact) mass is 410 g/mol. The molecule has 1 N–H and O–H groups in total. The molecule has 110 valence electrons. The molecule has 0 aromatic rings. The quantitative estimate of drug-likeness (QED) is 0.367. The molecule has 0 saturated carbocycles. The van der Waals surface area contributed by atoms with Crippen LogP contribution in [-0.2, 0) is 13.4 Å². The average Bonchev–Trinajstić information content (AvgIpc) is 2.31. The fraction of sp³-hybridized carbons (Fsp3) is 1.00. The predicted molar refractivity (Wildman–Crippen MR) is 72.4 cm³/mol.